The minimum atomic E-state index is 0.314. The first kappa shape index (κ1) is 12.7. The number of hydrogen-bond acceptors (Lipinski definition) is 3. The third kappa shape index (κ3) is 2.74. The average molecular weight is 263 g/mol. The Hall–Kier alpha value is -1.74. The molecule has 0 fully saturated rings. The van der Waals surface area contributed by atoms with Crippen LogP contribution in [0.15, 0.2) is 30.3 Å². The summed E-state index contributed by atoms with van der Waals surface area (Å²) in [4.78, 5) is 4.16. The Morgan fingerprint density at radius 2 is 2.00 bits per heavy atom. The molecule has 0 atom stereocenters. The number of rotatable bonds is 3. The maximum absolute atomic E-state index is 6.04. The van der Waals surface area contributed by atoms with Gasteiger partial charge in [0.1, 0.15) is 18.2 Å². The molecule has 0 aliphatic carbocycles. The summed E-state index contributed by atoms with van der Waals surface area (Å²) < 4.78 is 5.74. The fourth-order valence-electron chi connectivity index (χ4n) is 1.63. The van der Waals surface area contributed by atoms with Crippen molar-refractivity contribution in [1.82, 2.24) is 4.98 Å². The van der Waals surface area contributed by atoms with Crippen LogP contribution in [0.1, 0.15) is 16.8 Å². The largest absolute Gasteiger partial charge is 0.487 e. The van der Waals surface area contributed by atoms with Crippen LogP contribution in [0.5, 0.6) is 5.75 Å². The first-order chi connectivity index (χ1) is 8.58. The van der Waals surface area contributed by atoms with Crippen molar-refractivity contribution < 1.29 is 4.74 Å². The minimum absolute atomic E-state index is 0.314. The summed E-state index contributed by atoms with van der Waals surface area (Å²) in [5.41, 5.74) is 8.59. The molecule has 2 N–H and O–H groups in total. The fraction of sp³-hybridized carbons (Fsp3) is 0.214. The summed E-state index contributed by atoms with van der Waals surface area (Å²) >= 11 is 6.04. The lowest BCUT2D eigenvalue weighted by atomic mass is 10.1. The van der Waals surface area contributed by atoms with Crippen LogP contribution < -0.4 is 10.5 Å². The third-order valence-electron chi connectivity index (χ3n) is 2.86. The zero-order valence-electron chi connectivity index (χ0n) is 10.4. The van der Waals surface area contributed by atoms with Gasteiger partial charge in [-0.05, 0) is 43.2 Å². The van der Waals surface area contributed by atoms with Crippen LogP contribution >= 0.6 is 11.6 Å². The average Bonchev–Trinajstić information content (AvgIpc) is 2.35. The van der Waals surface area contributed by atoms with Crippen LogP contribution in [0, 0.1) is 13.8 Å². The first-order valence-corrected chi connectivity index (χ1v) is 6.05. The quantitative estimate of drug-likeness (QED) is 0.921. The Bertz CT molecular complexity index is 568. The molecule has 2 rings (SSSR count). The molecule has 0 saturated carbocycles. The van der Waals surface area contributed by atoms with E-state index in [-0.39, 0.29) is 0 Å². The number of halogens is 1. The molecule has 0 aliphatic heterocycles. The highest BCUT2D eigenvalue weighted by Crippen LogP contribution is 2.23. The van der Waals surface area contributed by atoms with Crippen molar-refractivity contribution in [3.63, 3.8) is 0 Å². The van der Waals surface area contributed by atoms with Crippen LogP contribution in [0.3, 0.4) is 0 Å². The molecule has 0 radical (unpaired) electrons. The van der Waals surface area contributed by atoms with Gasteiger partial charge in [-0.15, -0.1) is 0 Å². The molecule has 18 heavy (non-hydrogen) atoms. The molecule has 3 nitrogen and oxygen atoms in total. The topological polar surface area (TPSA) is 48.1 Å². The number of hydrogen-bond donors (Lipinski definition) is 1. The number of aromatic nitrogens is 1. The number of aryl methyl sites for hydroxylation is 1. The van der Waals surface area contributed by atoms with E-state index < -0.39 is 0 Å². The van der Waals surface area contributed by atoms with E-state index in [0.717, 1.165) is 11.3 Å². The van der Waals surface area contributed by atoms with Gasteiger partial charge in [0.15, 0.2) is 0 Å². The number of benzene rings is 1. The highest BCUT2D eigenvalue weighted by atomic mass is 35.5. The summed E-state index contributed by atoms with van der Waals surface area (Å²) in [6.07, 6.45) is 0. The van der Waals surface area contributed by atoms with Crippen LogP contribution in [0.25, 0.3) is 0 Å². The summed E-state index contributed by atoms with van der Waals surface area (Å²) in [6.45, 7) is 4.39. The second-order valence-electron chi connectivity index (χ2n) is 4.15. The van der Waals surface area contributed by atoms with E-state index in [1.165, 1.54) is 5.56 Å². The lowest BCUT2D eigenvalue weighted by Crippen LogP contribution is -2.03. The van der Waals surface area contributed by atoms with Crippen LogP contribution in [-0.2, 0) is 6.61 Å². The number of nitrogens with zero attached hydrogens (tertiary/aromatic N) is 1. The van der Waals surface area contributed by atoms with Gasteiger partial charge in [0.25, 0.3) is 0 Å². The van der Waals surface area contributed by atoms with Crippen molar-refractivity contribution in [2.24, 2.45) is 0 Å². The number of nitrogens with two attached hydrogens (primary N) is 1. The van der Waals surface area contributed by atoms with Gasteiger partial charge in [0, 0.05) is 0 Å². The molecule has 0 saturated heterocycles. The second kappa shape index (κ2) is 5.27. The lowest BCUT2D eigenvalue weighted by molar-refractivity contribution is 0.299. The fourth-order valence-corrected chi connectivity index (χ4v) is 1.79. The highest BCUT2D eigenvalue weighted by molar-refractivity contribution is 6.31. The second-order valence-corrected chi connectivity index (χ2v) is 4.56. The smallest absolute Gasteiger partial charge is 0.132 e. The third-order valence-corrected chi connectivity index (χ3v) is 3.20. The summed E-state index contributed by atoms with van der Waals surface area (Å²) in [7, 11) is 0. The normalized spacial score (nSPS) is 10.4. The predicted molar refractivity (Wildman–Crippen MR) is 73.9 cm³/mol. The highest BCUT2D eigenvalue weighted by Gasteiger charge is 2.06. The zero-order chi connectivity index (χ0) is 13.1. The summed E-state index contributed by atoms with van der Waals surface area (Å²) in [6, 6.07) is 9.35. The van der Waals surface area contributed by atoms with Gasteiger partial charge in [-0.3, -0.25) is 0 Å². The van der Waals surface area contributed by atoms with Crippen LogP contribution in [0.2, 0.25) is 5.02 Å². The number of ether oxygens (including phenoxy) is 1. The van der Waals surface area contributed by atoms with Crippen molar-refractivity contribution in [2.45, 2.75) is 20.5 Å². The van der Waals surface area contributed by atoms with Crippen molar-refractivity contribution in [3.8, 4) is 5.75 Å². The SMILES string of the molecule is Cc1cccc(OCc2nc(N)ccc2Cl)c1C. The van der Waals surface area contributed by atoms with Gasteiger partial charge in [0.05, 0.1) is 10.7 Å². The molecular formula is C14H15ClN2O. The van der Waals surface area contributed by atoms with E-state index >= 15 is 0 Å². The summed E-state index contributed by atoms with van der Waals surface area (Å²) in [5.74, 6) is 1.29. The first-order valence-electron chi connectivity index (χ1n) is 5.68. The van der Waals surface area contributed by atoms with Crippen LogP contribution in [-0.4, -0.2) is 4.98 Å². The van der Waals surface area contributed by atoms with Gasteiger partial charge in [-0.1, -0.05) is 23.7 Å². The Labute approximate surface area is 112 Å². The number of anilines is 1. The standard InChI is InChI=1S/C14H15ClN2O/c1-9-4-3-5-13(10(9)2)18-8-12-11(15)6-7-14(16)17-12/h3-7H,8H2,1-2H3,(H2,16,17). The van der Waals surface area contributed by atoms with E-state index in [9.17, 15) is 0 Å². The lowest BCUT2D eigenvalue weighted by Gasteiger charge is -2.11. The van der Waals surface area contributed by atoms with Crippen molar-refractivity contribution >= 4 is 17.4 Å². The Morgan fingerprint density at radius 1 is 1.22 bits per heavy atom. The van der Waals surface area contributed by atoms with Crippen LogP contribution in [0.4, 0.5) is 5.82 Å². The van der Waals surface area contributed by atoms with Gasteiger partial charge in [-0.25, -0.2) is 4.98 Å². The molecule has 1 heterocycles. The Kier molecular flexibility index (Phi) is 3.72. The molecule has 2 aromatic rings. The molecule has 1 aromatic heterocycles. The molecule has 4 heteroatoms. The van der Waals surface area contributed by atoms with E-state index in [0.29, 0.717) is 23.1 Å². The van der Waals surface area contributed by atoms with E-state index in [2.05, 4.69) is 4.98 Å². The molecule has 0 amide bonds. The number of pyridine rings is 1. The summed E-state index contributed by atoms with van der Waals surface area (Å²) in [5, 5.41) is 0.564. The predicted octanol–water partition coefficient (Wildman–Crippen LogP) is 3.51. The molecular weight excluding hydrogens is 248 g/mol. The Morgan fingerprint density at radius 3 is 2.78 bits per heavy atom. The van der Waals surface area contributed by atoms with Crippen molar-refractivity contribution in [2.75, 3.05) is 5.73 Å². The Balaban J connectivity index is 2.16. The molecule has 0 aliphatic rings. The van der Waals surface area contributed by atoms with Crippen molar-refractivity contribution in [3.05, 3.63) is 52.2 Å². The molecule has 0 bridgehead atoms. The monoisotopic (exact) mass is 262 g/mol. The van der Waals surface area contributed by atoms with Crippen molar-refractivity contribution in [1.29, 1.82) is 0 Å². The molecule has 0 unspecified atom stereocenters. The van der Waals surface area contributed by atoms with Gasteiger partial charge >= 0.3 is 0 Å². The van der Waals surface area contributed by atoms with Gasteiger partial charge in [-0.2, -0.15) is 0 Å². The van der Waals surface area contributed by atoms with Gasteiger partial charge in [0.2, 0.25) is 0 Å². The zero-order valence-corrected chi connectivity index (χ0v) is 11.2. The number of nitrogen functional groups attached to an aromatic ring is 1. The van der Waals surface area contributed by atoms with E-state index in [1.807, 2.05) is 32.0 Å². The molecule has 94 valence electrons. The maximum atomic E-state index is 6.04. The van der Waals surface area contributed by atoms with E-state index in [1.54, 1.807) is 12.1 Å². The van der Waals surface area contributed by atoms with Gasteiger partial charge < -0.3 is 10.5 Å². The van der Waals surface area contributed by atoms with E-state index in [4.69, 9.17) is 22.1 Å². The minimum Gasteiger partial charge on any atom is -0.487 e. The maximum Gasteiger partial charge on any atom is 0.132 e. The molecule has 1 aromatic carbocycles. The molecule has 0 spiro atoms.